The second-order valence-electron chi connectivity index (χ2n) is 3.05. The van der Waals surface area contributed by atoms with Crippen LogP contribution in [0.5, 0.6) is 0 Å². The van der Waals surface area contributed by atoms with Crippen LogP contribution in [0.15, 0.2) is 0 Å². The van der Waals surface area contributed by atoms with Crippen LogP contribution in [0.25, 0.3) is 0 Å². The Morgan fingerprint density at radius 2 is 2.00 bits per heavy atom. The number of carbonyl (C=O) groups excluding carboxylic acids is 1. The average Bonchev–Trinajstić information content (AvgIpc) is 2.04. The molecule has 0 aromatic heterocycles. The lowest BCUT2D eigenvalue weighted by molar-refractivity contribution is -0.119. The molecule has 3 heteroatoms. The number of hydrogen-bond acceptors (Lipinski definition) is 3. The van der Waals surface area contributed by atoms with Crippen LogP contribution in [0.3, 0.4) is 0 Å². The van der Waals surface area contributed by atoms with E-state index >= 15 is 0 Å². The maximum absolute atomic E-state index is 11.0. The Balaban J connectivity index is 3.38. The number of carbonyl (C=O) groups is 1. The minimum absolute atomic E-state index is 0.0573. The van der Waals surface area contributed by atoms with Crippen molar-refractivity contribution in [2.75, 3.05) is 20.6 Å². The minimum atomic E-state index is 0.0573. The van der Waals surface area contributed by atoms with Crippen molar-refractivity contribution in [3.05, 3.63) is 0 Å². The highest BCUT2D eigenvalue weighted by Gasteiger charge is 2.09. The van der Waals surface area contributed by atoms with Crippen molar-refractivity contribution < 1.29 is 4.79 Å². The lowest BCUT2D eigenvalue weighted by atomic mass is 10.1. The van der Waals surface area contributed by atoms with Crippen molar-refractivity contribution in [3.8, 4) is 0 Å². The molecule has 12 heavy (non-hydrogen) atoms. The van der Waals surface area contributed by atoms with Crippen molar-refractivity contribution in [2.45, 2.75) is 32.2 Å². The normalized spacial score (nSPS) is 12.9. The van der Waals surface area contributed by atoms with Gasteiger partial charge in [-0.05, 0) is 40.4 Å². The summed E-state index contributed by atoms with van der Waals surface area (Å²) in [5, 5.41) is 6.09. The number of Topliss-reactive ketones (excluding diaryl/α,β-unsaturated/α-hetero) is 1. The standard InChI is InChI=1S/C9H20N2O/c1-8(12)9(11-3)6-4-5-7-10-2/h9-11H,4-7H2,1-3H3. The Bertz CT molecular complexity index is 126. The Hall–Kier alpha value is -0.410. The Morgan fingerprint density at radius 3 is 2.42 bits per heavy atom. The summed E-state index contributed by atoms with van der Waals surface area (Å²) in [7, 11) is 3.78. The maximum atomic E-state index is 11.0. The molecule has 0 saturated carbocycles. The van der Waals surface area contributed by atoms with Crippen LogP contribution in [0.2, 0.25) is 0 Å². The van der Waals surface area contributed by atoms with E-state index in [4.69, 9.17) is 0 Å². The molecule has 0 aliphatic heterocycles. The molecule has 0 rings (SSSR count). The first kappa shape index (κ1) is 11.6. The van der Waals surface area contributed by atoms with E-state index < -0.39 is 0 Å². The molecule has 1 unspecified atom stereocenters. The first-order valence-electron chi connectivity index (χ1n) is 4.54. The van der Waals surface area contributed by atoms with Crippen LogP contribution < -0.4 is 10.6 Å². The third-order valence-corrected chi connectivity index (χ3v) is 2.01. The van der Waals surface area contributed by atoms with Gasteiger partial charge in [0.1, 0.15) is 5.78 Å². The fraction of sp³-hybridized carbons (Fsp3) is 0.889. The number of rotatable bonds is 7. The molecule has 2 N–H and O–H groups in total. The van der Waals surface area contributed by atoms with Crippen LogP contribution in [-0.4, -0.2) is 32.5 Å². The number of unbranched alkanes of at least 4 members (excludes halogenated alkanes) is 1. The van der Waals surface area contributed by atoms with Crippen LogP contribution in [0, 0.1) is 0 Å². The predicted octanol–water partition coefficient (Wildman–Crippen LogP) is 0.553. The van der Waals surface area contributed by atoms with Gasteiger partial charge in [-0.25, -0.2) is 0 Å². The predicted molar refractivity (Wildman–Crippen MR) is 51.3 cm³/mol. The van der Waals surface area contributed by atoms with Gasteiger partial charge in [0, 0.05) is 0 Å². The third kappa shape index (κ3) is 5.27. The summed E-state index contributed by atoms with van der Waals surface area (Å²) in [4.78, 5) is 11.0. The molecule has 0 aliphatic carbocycles. The zero-order valence-electron chi connectivity index (χ0n) is 8.31. The Morgan fingerprint density at radius 1 is 1.33 bits per heavy atom. The summed E-state index contributed by atoms with van der Waals surface area (Å²) in [6, 6.07) is 0.0573. The molecule has 0 fully saturated rings. The van der Waals surface area contributed by atoms with Gasteiger partial charge < -0.3 is 10.6 Å². The summed E-state index contributed by atoms with van der Waals surface area (Å²) in [6.07, 6.45) is 3.20. The summed E-state index contributed by atoms with van der Waals surface area (Å²) < 4.78 is 0. The van der Waals surface area contributed by atoms with Gasteiger partial charge in [-0.15, -0.1) is 0 Å². The first-order valence-corrected chi connectivity index (χ1v) is 4.54. The van der Waals surface area contributed by atoms with E-state index in [2.05, 4.69) is 10.6 Å². The highest BCUT2D eigenvalue weighted by molar-refractivity contribution is 5.81. The van der Waals surface area contributed by atoms with E-state index in [0.29, 0.717) is 0 Å². The smallest absolute Gasteiger partial charge is 0.146 e. The molecule has 72 valence electrons. The van der Waals surface area contributed by atoms with Gasteiger partial charge in [-0.3, -0.25) is 4.79 Å². The number of ketones is 1. The molecule has 0 aliphatic rings. The molecule has 3 nitrogen and oxygen atoms in total. The van der Waals surface area contributed by atoms with Gasteiger partial charge >= 0.3 is 0 Å². The highest BCUT2D eigenvalue weighted by atomic mass is 16.1. The topological polar surface area (TPSA) is 41.1 Å². The minimum Gasteiger partial charge on any atom is -0.320 e. The SMILES string of the molecule is CNCCCCC(NC)C(C)=O. The average molecular weight is 172 g/mol. The summed E-state index contributed by atoms with van der Waals surface area (Å²) in [6.45, 7) is 2.67. The van der Waals surface area contributed by atoms with Gasteiger partial charge in [0.2, 0.25) is 0 Å². The molecule has 0 bridgehead atoms. The summed E-state index contributed by atoms with van der Waals surface area (Å²) in [5.74, 6) is 0.238. The van der Waals surface area contributed by atoms with E-state index in [9.17, 15) is 4.79 Å². The van der Waals surface area contributed by atoms with Gasteiger partial charge in [0.15, 0.2) is 0 Å². The maximum Gasteiger partial charge on any atom is 0.146 e. The van der Waals surface area contributed by atoms with E-state index in [1.807, 2.05) is 14.1 Å². The molecule has 0 aromatic carbocycles. The third-order valence-electron chi connectivity index (χ3n) is 2.01. The molecule has 0 aromatic rings. The summed E-state index contributed by atoms with van der Waals surface area (Å²) in [5.41, 5.74) is 0. The number of hydrogen-bond donors (Lipinski definition) is 2. The van der Waals surface area contributed by atoms with Crippen molar-refractivity contribution >= 4 is 5.78 Å². The monoisotopic (exact) mass is 172 g/mol. The van der Waals surface area contributed by atoms with Crippen molar-refractivity contribution in [3.63, 3.8) is 0 Å². The molecule has 0 radical (unpaired) electrons. The molecule has 0 heterocycles. The Labute approximate surface area is 74.9 Å². The van der Waals surface area contributed by atoms with Crippen LogP contribution in [0.4, 0.5) is 0 Å². The van der Waals surface area contributed by atoms with Gasteiger partial charge in [0.05, 0.1) is 6.04 Å². The van der Waals surface area contributed by atoms with Crippen molar-refractivity contribution in [2.24, 2.45) is 0 Å². The second kappa shape index (κ2) is 7.25. The second-order valence-corrected chi connectivity index (χ2v) is 3.05. The zero-order chi connectivity index (χ0) is 9.40. The van der Waals surface area contributed by atoms with Gasteiger partial charge in [0.25, 0.3) is 0 Å². The fourth-order valence-electron chi connectivity index (χ4n) is 1.20. The molecule has 0 amide bonds. The zero-order valence-corrected chi connectivity index (χ0v) is 8.31. The van der Waals surface area contributed by atoms with Gasteiger partial charge in [-0.2, -0.15) is 0 Å². The number of likely N-dealkylation sites (N-methyl/N-ethyl adjacent to an activating group) is 1. The molecule has 1 atom stereocenters. The fourth-order valence-corrected chi connectivity index (χ4v) is 1.20. The van der Waals surface area contributed by atoms with E-state index in [-0.39, 0.29) is 11.8 Å². The van der Waals surface area contributed by atoms with E-state index in [1.54, 1.807) is 6.92 Å². The Kier molecular flexibility index (Phi) is 7.00. The largest absolute Gasteiger partial charge is 0.320 e. The van der Waals surface area contributed by atoms with E-state index in [0.717, 1.165) is 25.8 Å². The molecule has 0 spiro atoms. The van der Waals surface area contributed by atoms with Crippen LogP contribution >= 0.6 is 0 Å². The molecular formula is C9H20N2O. The lowest BCUT2D eigenvalue weighted by Crippen LogP contribution is -2.32. The quantitative estimate of drug-likeness (QED) is 0.551. The van der Waals surface area contributed by atoms with Gasteiger partial charge in [-0.1, -0.05) is 6.42 Å². The van der Waals surface area contributed by atoms with Crippen LogP contribution in [-0.2, 0) is 4.79 Å². The van der Waals surface area contributed by atoms with E-state index in [1.165, 1.54) is 0 Å². The molecular weight excluding hydrogens is 152 g/mol. The first-order chi connectivity index (χ1) is 5.72. The molecule has 0 saturated heterocycles. The van der Waals surface area contributed by atoms with Crippen molar-refractivity contribution in [1.82, 2.24) is 10.6 Å². The lowest BCUT2D eigenvalue weighted by Gasteiger charge is -2.11. The number of nitrogens with one attached hydrogen (secondary N) is 2. The summed E-state index contributed by atoms with van der Waals surface area (Å²) >= 11 is 0. The highest BCUT2D eigenvalue weighted by Crippen LogP contribution is 2.00. The van der Waals surface area contributed by atoms with Crippen molar-refractivity contribution in [1.29, 1.82) is 0 Å². The van der Waals surface area contributed by atoms with Crippen LogP contribution in [0.1, 0.15) is 26.2 Å².